The third-order valence-corrected chi connectivity index (χ3v) is 5.05. The quantitative estimate of drug-likeness (QED) is 0.899. The molecule has 1 N–H and O–H groups in total. The molecule has 0 aliphatic carbocycles. The van der Waals surface area contributed by atoms with Gasteiger partial charge in [-0.15, -0.1) is 5.10 Å². The van der Waals surface area contributed by atoms with Crippen molar-refractivity contribution < 1.29 is 13.6 Å². The van der Waals surface area contributed by atoms with Gasteiger partial charge in [0, 0.05) is 32.1 Å². The molecule has 2 fully saturated rings. The Morgan fingerprint density at radius 1 is 1.31 bits per heavy atom. The number of alkyl halides is 2. The Balaban J connectivity index is 1.36. The van der Waals surface area contributed by atoms with Gasteiger partial charge in [0.05, 0.1) is 24.3 Å². The summed E-state index contributed by atoms with van der Waals surface area (Å²) in [7, 11) is 0. The predicted octanol–water partition coefficient (Wildman–Crippen LogP) is 1.64. The number of nitrogens with one attached hydrogen (secondary N) is 1. The van der Waals surface area contributed by atoms with Crippen molar-refractivity contribution in [3.63, 3.8) is 0 Å². The lowest BCUT2D eigenvalue weighted by Gasteiger charge is -2.20. The third-order valence-electron chi connectivity index (χ3n) is 5.05. The van der Waals surface area contributed by atoms with Gasteiger partial charge in [-0.05, 0) is 12.0 Å². The maximum atomic E-state index is 13.3. The van der Waals surface area contributed by atoms with E-state index in [-0.39, 0.29) is 24.9 Å². The van der Waals surface area contributed by atoms with Crippen LogP contribution in [0, 0.1) is 0 Å². The molecule has 2 saturated heterocycles. The molecule has 4 rings (SSSR count). The van der Waals surface area contributed by atoms with Crippen LogP contribution in [0.1, 0.15) is 30.1 Å². The Bertz CT molecular complexity index is 779. The third kappa shape index (κ3) is 3.60. The highest BCUT2D eigenvalue weighted by molar-refractivity contribution is 5.82. The molecule has 1 aromatic heterocycles. The lowest BCUT2D eigenvalue weighted by atomic mass is 10.1. The van der Waals surface area contributed by atoms with Crippen molar-refractivity contribution in [1.82, 2.24) is 25.2 Å². The molecule has 2 aromatic rings. The molecule has 2 aliphatic heterocycles. The lowest BCUT2D eigenvalue weighted by molar-refractivity contribution is -0.133. The highest BCUT2D eigenvalue weighted by Crippen LogP contribution is 2.29. The van der Waals surface area contributed by atoms with E-state index in [1.165, 1.54) is 4.90 Å². The molecule has 2 atom stereocenters. The van der Waals surface area contributed by atoms with Gasteiger partial charge >= 0.3 is 0 Å². The Hall–Kier alpha value is -2.35. The topological polar surface area (TPSA) is 63.1 Å². The van der Waals surface area contributed by atoms with Crippen molar-refractivity contribution >= 4 is 5.91 Å². The molecule has 0 saturated carbocycles. The molecule has 0 radical (unpaired) electrons. The maximum absolute atomic E-state index is 13.3. The molecule has 1 amide bonds. The molecule has 8 heteroatoms. The first kappa shape index (κ1) is 17.1. The Labute approximate surface area is 150 Å². The molecule has 26 heavy (non-hydrogen) atoms. The van der Waals surface area contributed by atoms with Crippen LogP contribution in [-0.2, 0) is 11.2 Å². The van der Waals surface area contributed by atoms with Crippen LogP contribution in [0.5, 0.6) is 0 Å². The Morgan fingerprint density at radius 3 is 2.85 bits per heavy atom. The van der Waals surface area contributed by atoms with E-state index in [9.17, 15) is 13.6 Å². The summed E-state index contributed by atoms with van der Waals surface area (Å²) in [5, 5.41) is 11.5. The zero-order valence-electron chi connectivity index (χ0n) is 14.3. The fourth-order valence-electron chi connectivity index (χ4n) is 3.63. The standard InChI is InChI=1S/C18H21F2N5O/c19-18(20)6-7-24(12-18)17(26)16-9-15(10-21-16)25-11-14(22-23-25)8-13-4-2-1-3-5-13/h1-5,11,15-16,21H,6-10,12H2/t15-,16-/m0/s1. The first-order chi connectivity index (χ1) is 12.5. The van der Waals surface area contributed by atoms with Crippen molar-refractivity contribution in [2.75, 3.05) is 19.6 Å². The number of nitrogens with zero attached hydrogens (tertiary/aromatic N) is 4. The SMILES string of the molecule is O=C([C@@H]1C[C@H](n2cc(Cc3ccccc3)nn2)CN1)N1CCC(F)(F)C1. The van der Waals surface area contributed by atoms with Crippen molar-refractivity contribution in [2.45, 2.75) is 37.3 Å². The van der Waals surface area contributed by atoms with E-state index >= 15 is 0 Å². The van der Waals surface area contributed by atoms with Gasteiger partial charge in [0.2, 0.25) is 5.91 Å². The van der Waals surface area contributed by atoms with E-state index < -0.39 is 18.5 Å². The molecular formula is C18H21F2N5O. The second-order valence-corrected chi connectivity index (χ2v) is 7.07. The van der Waals surface area contributed by atoms with Crippen LogP contribution in [0.3, 0.4) is 0 Å². The molecule has 138 valence electrons. The van der Waals surface area contributed by atoms with Crippen molar-refractivity contribution in [3.8, 4) is 0 Å². The first-order valence-electron chi connectivity index (χ1n) is 8.85. The van der Waals surface area contributed by atoms with Crippen molar-refractivity contribution in [1.29, 1.82) is 0 Å². The summed E-state index contributed by atoms with van der Waals surface area (Å²) >= 11 is 0. The number of hydrogen-bond acceptors (Lipinski definition) is 4. The van der Waals surface area contributed by atoms with Gasteiger partial charge in [-0.25, -0.2) is 13.5 Å². The highest BCUT2D eigenvalue weighted by Gasteiger charge is 2.43. The molecule has 3 heterocycles. The van der Waals surface area contributed by atoms with E-state index in [0.717, 1.165) is 11.3 Å². The number of amides is 1. The number of carbonyl (C=O) groups excluding carboxylic acids is 1. The van der Waals surface area contributed by atoms with Gasteiger partial charge < -0.3 is 10.2 Å². The summed E-state index contributed by atoms with van der Waals surface area (Å²) in [6.07, 6.45) is 2.89. The van der Waals surface area contributed by atoms with Crippen molar-refractivity contribution in [2.24, 2.45) is 0 Å². The van der Waals surface area contributed by atoms with Gasteiger partial charge in [-0.2, -0.15) is 0 Å². The lowest BCUT2D eigenvalue weighted by Crippen LogP contribution is -2.43. The normalized spacial score (nSPS) is 24.9. The molecule has 0 spiro atoms. The van der Waals surface area contributed by atoms with Gasteiger partial charge in [-0.1, -0.05) is 35.5 Å². The number of aromatic nitrogens is 3. The monoisotopic (exact) mass is 361 g/mol. The molecule has 0 unspecified atom stereocenters. The van der Waals surface area contributed by atoms with E-state index in [1.54, 1.807) is 4.68 Å². The molecule has 1 aromatic carbocycles. The number of hydrogen-bond donors (Lipinski definition) is 1. The van der Waals surface area contributed by atoms with E-state index in [0.29, 0.717) is 19.4 Å². The fraction of sp³-hybridized carbons (Fsp3) is 0.500. The molecular weight excluding hydrogens is 340 g/mol. The van der Waals surface area contributed by atoms with Gasteiger partial charge in [0.25, 0.3) is 5.92 Å². The fourth-order valence-corrected chi connectivity index (χ4v) is 3.63. The summed E-state index contributed by atoms with van der Waals surface area (Å²) in [5.41, 5.74) is 2.03. The number of benzene rings is 1. The predicted molar refractivity (Wildman–Crippen MR) is 90.9 cm³/mol. The van der Waals surface area contributed by atoms with Crippen LogP contribution >= 0.6 is 0 Å². The number of carbonyl (C=O) groups is 1. The van der Waals surface area contributed by atoms with Gasteiger partial charge in [0.15, 0.2) is 0 Å². The minimum absolute atomic E-state index is 0.00378. The summed E-state index contributed by atoms with van der Waals surface area (Å²) in [6, 6.07) is 9.59. The molecule has 0 bridgehead atoms. The molecule has 2 aliphatic rings. The minimum atomic E-state index is -2.76. The van der Waals surface area contributed by atoms with Gasteiger partial charge in [-0.3, -0.25) is 4.79 Å². The summed E-state index contributed by atoms with van der Waals surface area (Å²) in [5.74, 6) is -3.00. The maximum Gasteiger partial charge on any atom is 0.267 e. The van der Waals surface area contributed by atoms with Crippen LogP contribution < -0.4 is 5.32 Å². The molecule has 6 nitrogen and oxygen atoms in total. The van der Waals surface area contributed by atoms with Crippen LogP contribution in [0.15, 0.2) is 36.5 Å². The summed E-state index contributed by atoms with van der Waals surface area (Å²) < 4.78 is 28.4. The van der Waals surface area contributed by atoms with Crippen molar-refractivity contribution in [3.05, 3.63) is 47.8 Å². The van der Waals surface area contributed by atoms with Crippen LogP contribution in [0.25, 0.3) is 0 Å². The van der Waals surface area contributed by atoms with E-state index in [4.69, 9.17) is 0 Å². The minimum Gasteiger partial charge on any atom is -0.335 e. The van der Waals surface area contributed by atoms with Crippen LogP contribution in [0.2, 0.25) is 0 Å². The van der Waals surface area contributed by atoms with Gasteiger partial charge in [0.1, 0.15) is 0 Å². The number of halogens is 2. The summed E-state index contributed by atoms with van der Waals surface area (Å²) in [4.78, 5) is 13.7. The largest absolute Gasteiger partial charge is 0.335 e. The number of rotatable bonds is 4. The number of likely N-dealkylation sites (tertiary alicyclic amines) is 1. The highest BCUT2D eigenvalue weighted by atomic mass is 19.3. The average Bonchev–Trinajstić information content (AvgIpc) is 3.34. The van der Waals surface area contributed by atoms with E-state index in [1.807, 2.05) is 36.5 Å². The van der Waals surface area contributed by atoms with E-state index in [2.05, 4.69) is 15.6 Å². The second-order valence-electron chi connectivity index (χ2n) is 7.07. The zero-order chi connectivity index (χ0) is 18.1. The zero-order valence-corrected chi connectivity index (χ0v) is 14.3. The Morgan fingerprint density at radius 2 is 2.12 bits per heavy atom. The van der Waals surface area contributed by atoms with Crippen LogP contribution in [-0.4, -0.2) is 57.4 Å². The van der Waals surface area contributed by atoms with Crippen LogP contribution in [0.4, 0.5) is 8.78 Å². The first-order valence-corrected chi connectivity index (χ1v) is 8.85. The Kier molecular flexibility index (Phi) is 4.44. The second kappa shape index (κ2) is 6.75. The summed E-state index contributed by atoms with van der Waals surface area (Å²) in [6.45, 7) is 0.229. The smallest absolute Gasteiger partial charge is 0.267 e. The average molecular weight is 361 g/mol.